The van der Waals surface area contributed by atoms with E-state index < -0.39 is 0 Å². The van der Waals surface area contributed by atoms with Crippen LogP contribution in [-0.2, 0) is 11.2 Å². The highest BCUT2D eigenvalue weighted by Gasteiger charge is 2.18. The van der Waals surface area contributed by atoms with Gasteiger partial charge in [0.25, 0.3) is 0 Å². The highest BCUT2D eigenvalue weighted by atomic mass is 127. The minimum absolute atomic E-state index is 0. The van der Waals surface area contributed by atoms with Crippen molar-refractivity contribution in [2.24, 2.45) is 10.9 Å². The molecule has 1 aliphatic rings. The molecule has 1 aromatic carbocycles. The van der Waals surface area contributed by atoms with Crippen LogP contribution < -0.4 is 5.32 Å². The van der Waals surface area contributed by atoms with E-state index in [0.717, 1.165) is 70.5 Å². The van der Waals surface area contributed by atoms with Gasteiger partial charge in [-0.3, -0.25) is 4.99 Å². The molecule has 0 bridgehead atoms. The number of benzene rings is 1. The molecular formula is C21H36IN3O. The van der Waals surface area contributed by atoms with Crippen molar-refractivity contribution in [2.75, 3.05) is 39.4 Å². The van der Waals surface area contributed by atoms with E-state index in [4.69, 9.17) is 9.73 Å². The number of rotatable bonds is 9. The molecule has 2 rings (SSSR count). The Labute approximate surface area is 176 Å². The fourth-order valence-electron chi connectivity index (χ4n) is 3.08. The van der Waals surface area contributed by atoms with Crippen LogP contribution in [0.25, 0.3) is 0 Å². The molecule has 1 saturated heterocycles. The Hall–Kier alpha value is -0.820. The maximum atomic E-state index is 5.75. The highest BCUT2D eigenvalue weighted by Crippen LogP contribution is 2.15. The number of halogens is 1. The fraction of sp³-hybridized carbons (Fsp3) is 0.667. The van der Waals surface area contributed by atoms with Gasteiger partial charge in [0.05, 0.1) is 6.61 Å². The van der Waals surface area contributed by atoms with Gasteiger partial charge >= 0.3 is 0 Å². The molecule has 0 aliphatic carbocycles. The summed E-state index contributed by atoms with van der Waals surface area (Å²) in [5.74, 6) is 1.95. The van der Waals surface area contributed by atoms with Gasteiger partial charge in [0.15, 0.2) is 5.96 Å². The summed E-state index contributed by atoms with van der Waals surface area (Å²) in [6, 6.07) is 10.5. The smallest absolute Gasteiger partial charge is 0.193 e. The lowest BCUT2D eigenvalue weighted by atomic mass is 10.00. The molecular weight excluding hydrogens is 437 g/mol. The molecule has 1 heterocycles. The first kappa shape index (κ1) is 23.2. The van der Waals surface area contributed by atoms with Crippen LogP contribution in [0.15, 0.2) is 35.3 Å². The molecule has 148 valence electrons. The van der Waals surface area contributed by atoms with Gasteiger partial charge in [0.2, 0.25) is 0 Å². The van der Waals surface area contributed by atoms with Gasteiger partial charge in [0, 0.05) is 32.8 Å². The number of ether oxygens (including phenoxy) is 1. The van der Waals surface area contributed by atoms with Crippen LogP contribution in [0.4, 0.5) is 0 Å². The number of hydrogen-bond donors (Lipinski definition) is 1. The van der Waals surface area contributed by atoms with Crippen LogP contribution in [-0.4, -0.2) is 50.3 Å². The van der Waals surface area contributed by atoms with Gasteiger partial charge in [-0.1, -0.05) is 37.3 Å². The zero-order chi connectivity index (χ0) is 17.7. The lowest BCUT2D eigenvalue weighted by molar-refractivity contribution is 0.134. The molecule has 0 amide bonds. The van der Waals surface area contributed by atoms with E-state index in [9.17, 15) is 0 Å². The Balaban J connectivity index is 0.00000338. The van der Waals surface area contributed by atoms with Crippen LogP contribution in [0, 0.1) is 5.92 Å². The maximum Gasteiger partial charge on any atom is 0.193 e. The van der Waals surface area contributed by atoms with Crippen LogP contribution in [0.3, 0.4) is 0 Å². The van der Waals surface area contributed by atoms with E-state index in [2.05, 4.69) is 54.4 Å². The molecule has 0 saturated carbocycles. The van der Waals surface area contributed by atoms with Crippen LogP contribution in [0.1, 0.15) is 45.1 Å². The first-order valence-electron chi connectivity index (χ1n) is 9.94. The minimum Gasteiger partial charge on any atom is -0.381 e. The third-order valence-corrected chi connectivity index (χ3v) is 4.75. The normalized spacial score (nSPS) is 15.6. The summed E-state index contributed by atoms with van der Waals surface area (Å²) >= 11 is 0. The number of guanidine groups is 1. The van der Waals surface area contributed by atoms with E-state index in [-0.39, 0.29) is 24.0 Å². The Kier molecular flexibility index (Phi) is 12.7. The Morgan fingerprint density at radius 3 is 2.58 bits per heavy atom. The van der Waals surface area contributed by atoms with Crippen molar-refractivity contribution in [3.63, 3.8) is 0 Å². The van der Waals surface area contributed by atoms with Crippen molar-refractivity contribution < 1.29 is 4.74 Å². The molecule has 0 spiro atoms. The van der Waals surface area contributed by atoms with Crippen molar-refractivity contribution in [2.45, 2.75) is 46.0 Å². The second-order valence-electron chi connectivity index (χ2n) is 6.96. The van der Waals surface area contributed by atoms with Gasteiger partial charge in [-0.25, -0.2) is 0 Å². The third kappa shape index (κ3) is 9.21. The van der Waals surface area contributed by atoms with Gasteiger partial charge in [-0.15, -0.1) is 24.0 Å². The number of nitrogens with zero attached hydrogens (tertiary/aromatic N) is 2. The van der Waals surface area contributed by atoms with E-state index in [0.29, 0.717) is 0 Å². The molecule has 1 fully saturated rings. The summed E-state index contributed by atoms with van der Waals surface area (Å²) in [6.07, 6.45) is 5.72. The van der Waals surface area contributed by atoms with Crippen molar-refractivity contribution in [1.82, 2.24) is 10.2 Å². The topological polar surface area (TPSA) is 36.9 Å². The van der Waals surface area contributed by atoms with Gasteiger partial charge in [-0.05, 0) is 50.5 Å². The molecule has 0 aromatic heterocycles. The van der Waals surface area contributed by atoms with E-state index >= 15 is 0 Å². The highest BCUT2D eigenvalue weighted by molar-refractivity contribution is 14.0. The summed E-state index contributed by atoms with van der Waals surface area (Å²) < 4.78 is 5.75. The summed E-state index contributed by atoms with van der Waals surface area (Å²) in [7, 11) is 0. The predicted octanol–water partition coefficient (Wildman–Crippen LogP) is 4.34. The van der Waals surface area contributed by atoms with Crippen molar-refractivity contribution in [3.8, 4) is 0 Å². The first-order valence-corrected chi connectivity index (χ1v) is 9.94. The van der Waals surface area contributed by atoms with Crippen LogP contribution in [0.5, 0.6) is 0 Å². The van der Waals surface area contributed by atoms with Gasteiger partial charge in [0.1, 0.15) is 0 Å². The molecule has 0 radical (unpaired) electrons. The monoisotopic (exact) mass is 473 g/mol. The molecule has 1 aliphatic heterocycles. The maximum absolute atomic E-state index is 5.75. The van der Waals surface area contributed by atoms with Gasteiger partial charge in [-0.2, -0.15) is 0 Å². The summed E-state index contributed by atoms with van der Waals surface area (Å²) in [6.45, 7) is 10.2. The lowest BCUT2D eigenvalue weighted by Crippen LogP contribution is -2.45. The standard InChI is InChI=1S/C21H35N3O.HI/c1-3-22-21(24-15-11-19(2)12-16-24)23-14-7-8-17-25-18-13-20-9-5-4-6-10-20;/h4-6,9-10,19H,3,7-8,11-18H2,1-2H3,(H,22,23);1H. The second-order valence-corrected chi connectivity index (χ2v) is 6.96. The lowest BCUT2D eigenvalue weighted by Gasteiger charge is -2.33. The molecule has 5 heteroatoms. The second kappa shape index (κ2) is 14.3. The third-order valence-electron chi connectivity index (χ3n) is 4.75. The molecule has 4 nitrogen and oxygen atoms in total. The first-order chi connectivity index (χ1) is 12.3. The average molecular weight is 473 g/mol. The summed E-state index contributed by atoms with van der Waals surface area (Å²) in [4.78, 5) is 7.22. The Morgan fingerprint density at radius 2 is 1.88 bits per heavy atom. The van der Waals surface area contributed by atoms with E-state index in [1.807, 2.05) is 0 Å². The SMILES string of the molecule is CCNC(=NCCCCOCCc1ccccc1)N1CCC(C)CC1.I. The zero-order valence-electron chi connectivity index (χ0n) is 16.5. The van der Waals surface area contributed by atoms with Gasteiger partial charge < -0.3 is 15.0 Å². The summed E-state index contributed by atoms with van der Waals surface area (Å²) in [5.41, 5.74) is 1.35. The van der Waals surface area contributed by atoms with E-state index in [1.165, 1.54) is 18.4 Å². The number of nitrogens with one attached hydrogen (secondary N) is 1. The summed E-state index contributed by atoms with van der Waals surface area (Å²) in [5, 5.41) is 3.44. The van der Waals surface area contributed by atoms with Crippen molar-refractivity contribution in [3.05, 3.63) is 35.9 Å². The van der Waals surface area contributed by atoms with E-state index in [1.54, 1.807) is 0 Å². The van der Waals surface area contributed by atoms with Crippen molar-refractivity contribution >= 4 is 29.9 Å². The Bertz CT molecular complexity index is 487. The molecule has 26 heavy (non-hydrogen) atoms. The quantitative estimate of drug-likeness (QED) is 0.251. The number of piperidine rings is 1. The largest absolute Gasteiger partial charge is 0.381 e. The number of aliphatic imine (C=N–C) groups is 1. The number of unbranched alkanes of at least 4 members (excludes halogenated alkanes) is 1. The molecule has 0 unspecified atom stereocenters. The van der Waals surface area contributed by atoms with Crippen LogP contribution in [0.2, 0.25) is 0 Å². The zero-order valence-corrected chi connectivity index (χ0v) is 18.8. The number of hydrogen-bond acceptors (Lipinski definition) is 2. The van der Waals surface area contributed by atoms with Crippen LogP contribution >= 0.6 is 24.0 Å². The number of likely N-dealkylation sites (tertiary alicyclic amines) is 1. The molecule has 0 atom stereocenters. The fourth-order valence-corrected chi connectivity index (χ4v) is 3.08. The molecule has 1 N–H and O–H groups in total. The molecule has 1 aromatic rings. The predicted molar refractivity (Wildman–Crippen MR) is 122 cm³/mol. The minimum atomic E-state index is 0. The van der Waals surface area contributed by atoms with Crippen molar-refractivity contribution in [1.29, 1.82) is 0 Å². The Morgan fingerprint density at radius 1 is 1.15 bits per heavy atom. The average Bonchev–Trinajstić information content (AvgIpc) is 2.64.